The summed E-state index contributed by atoms with van der Waals surface area (Å²) in [6, 6.07) is 0. The summed E-state index contributed by atoms with van der Waals surface area (Å²) < 4.78 is 10.6. The van der Waals surface area contributed by atoms with Gasteiger partial charge in [-0.2, -0.15) is 0 Å². The average Bonchev–Trinajstić information content (AvgIpc) is 2.99. The monoisotopic (exact) mass is 595 g/mol. The normalized spacial score (nSPS) is 12.2. The van der Waals surface area contributed by atoms with Gasteiger partial charge in [0.05, 0.1) is 6.61 Å². The number of rotatable bonds is 33. The van der Waals surface area contributed by atoms with Gasteiger partial charge in [-0.3, -0.25) is 9.59 Å². The van der Waals surface area contributed by atoms with Gasteiger partial charge in [-0.05, 0) is 38.5 Å². The highest BCUT2D eigenvalue weighted by Crippen LogP contribution is 2.14. The van der Waals surface area contributed by atoms with Gasteiger partial charge in [0, 0.05) is 12.8 Å². The third-order valence-corrected chi connectivity index (χ3v) is 8.06. The van der Waals surface area contributed by atoms with Crippen LogP contribution in [-0.2, 0) is 19.1 Å². The quantitative estimate of drug-likeness (QED) is 0.0465. The molecule has 0 aliphatic rings. The molecular formula is C37H70O5. The Labute approximate surface area is 261 Å². The van der Waals surface area contributed by atoms with Crippen LogP contribution in [0.2, 0.25) is 0 Å². The van der Waals surface area contributed by atoms with Crippen LogP contribution in [-0.4, -0.2) is 36.4 Å². The van der Waals surface area contributed by atoms with Gasteiger partial charge in [0.15, 0.2) is 6.10 Å². The van der Waals surface area contributed by atoms with Crippen LogP contribution in [0.25, 0.3) is 0 Å². The number of allylic oxidation sites excluding steroid dienone is 2. The molecule has 42 heavy (non-hydrogen) atoms. The smallest absolute Gasteiger partial charge is 0.306 e. The number of aliphatic hydroxyl groups excluding tert-OH is 1. The lowest BCUT2D eigenvalue weighted by Gasteiger charge is -2.15. The number of aliphatic hydroxyl groups is 1. The van der Waals surface area contributed by atoms with Crippen molar-refractivity contribution in [3.8, 4) is 0 Å². The molecule has 0 aromatic heterocycles. The zero-order valence-corrected chi connectivity index (χ0v) is 28.0. The molecule has 5 heteroatoms. The molecule has 0 amide bonds. The van der Waals surface area contributed by atoms with Crippen LogP contribution in [0.15, 0.2) is 12.2 Å². The van der Waals surface area contributed by atoms with Gasteiger partial charge in [-0.1, -0.05) is 154 Å². The predicted molar refractivity (Wildman–Crippen MR) is 178 cm³/mol. The molecule has 248 valence electrons. The molecule has 0 aliphatic carbocycles. The van der Waals surface area contributed by atoms with Gasteiger partial charge in [0.1, 0.15) is 6.61 Å². The van der Waals surface area contributed by atoms with Crippen molar-refractivity contribution in [1.82, 2.24) is 0 Å². The van der Waals surface area contributed by atoms with E-state index in [4.69, 9.17) is 9.47 Å². The fourth-order valence-corrected chi connectivity index (χ4v) is 5.25. The Morgan fingerprint density at radius 2 is 0.881 bits per heavy atom. The zero-order valence-electron chi connectivity index (χ0n) is 28.0. The topological polar surface area (TPSA) is 72.8 Å². The van der Waals surface area contributed by atoms with Crippen LogP contribution >= 0.6 is 0 Å². The van der Waals surface area contributed by atoms with Crippen LogP contribution in [0.1, 0.15) is 194 Å². The summed E-state index contributed by atoms with van der Waals surface area (Å²) in [5.41, 5.74) is 0. The SMILES string of the molecule is CCCCCC/C=C/CCCCCCCC(=O)O[C@@H](CO)COC(=O)CCCCCCCCCCCCCCCCC. The molecule has 0 fully saturated rings. The average molecular weight is 595 g/mol. The molecule has 0 radical (unpaired) electrons. The minimum absolute atomic E-state index is 0.0636. The summed E-state index contributed by atoms with van der Waals surface area (Å²) in [6.45, 7) is 4.12. The largest absolute Gasteiger partial charge is 0.462 e. The van der Waals surface area contributed by atoms with Crippen molar-refractivity contribution >= 4 is 11.9 Å². The van der Waals surface area contributed by atoms with Gasteiger partial charge < -0.3 is 14.6 Å². The second kappa shape index (κ2) is 34.1. The maximum atomic E-state index is 12.1. The maximum Gasteiger partial charge on any atom is 0.306 e. The molecule has 1 atom stereocenters. The van der Waals surface area contributed by atoms with Crippen molar-refractivity contribution in [3.05, 3.63) is 12.2 Å². The second-order valence-electron chi connectivity index (χ2n) is 12.3. The van der Waals surface area contributed by atoms with Gasteiger partial charge in [-0.15, -0.1) is 0 Å². The van der Waals surface area contributed by atoms with Crippen molar-refractivity contribution in [2.24, 2.45) is 0 Å². The highest BCUT2D eigenvalue weighted by atomic mass is 16.6. The first-order chi connectivity index (χ1) is 20.6. The Kier molecular flexibility index (Phi) is 33.0. The van der Waals surface area contributed by atoms with E-state index >= 15 is 0 Å². The van der Waals surface area contributed by atoms with Crippen LogP contribution in [0.5, 0.6) is 0 Å². The first-order valence-corrected chi connectivity index (χ1v) is 18.2. The first-order valence-electron chi connectivity index (χ1n) is 18.2. The molecule has 0 bridgehead atoms. The van der Waals surface area contributed by atoms with E-state index in [1.807, 2.05) is 0 Å². The molecule has 5 nitrogen and oxygen atoms in total. The molecule has 0 saturated heterocycles. The Bertz CT molecular complexity index is 603. The fourth-order valence-electron chi connectivity index (χ4n) is 5.25. The number of ether oxygens (including phenoxy) is 2. The molecule has 0 heterocycles. The lowest BCUT2D eigenvalue weighted by Crippen LogP contribution is -2.28. The van der Waals surface area contributed by atoms with E-state index in [-0.39, 0.29) is 25.2 Å². The van der Waals surface area contributed by atoms with Crippen molar-refractivity contribution in [2.75, 3.05) is 13.2 Å². The standard InChI is InChI=1S/C37H70O5/c1-3-5-7-9-11-13-15-17-18-20-21-23-25-27-29-31-36(39)41-34-35(33-38)42-37(40)32-30-28-26-24-22-19-16-14-12-10-8-6-4-2/h14,16,35,38H,3-13,15,17-34H2,1-2H3/b16-14+/t35-/m0/s1. The van der Waals surface area contributed by atoms with E-state index < -0.39 is 6.10 Å². The van der Waals surface area contributed by atoms with E-state index in [1.54, 1.807) is 0 Å². The summed E-state index contributed by atoms with van der Waals surface area (Å²) in [5, 5.41) is 9.51. The number of unbranched alkanes of at least 4 members (excludes halogenated alkanes) is 23. The number of esters is 2. The fraction of sp³-hybridized carbons (Fsp3) is 0.892. The Balaban J connectivity index is 3.54. The maximum absolute atomic E-state index is 12.1. The van der Waals surface area contributed by atoms with Crippen molar-refractivity contribution in [1.29, 1.82) is 0 Å². The van der Waals surface area contributed by atoms with E-state index in [9.17, 15) is 14.7 Å². The molecule has 1 N–H and O–H groups in total. The lowest BCUT2D eigenvalue weighted by molar-refractivity contribution is -0.161. The molecule has 0 aromatic carbocycles. The molecule has 0 unspecified atom stereocenters. The summed E-state index contributed by atoms with van der Waals surface area (Å²) in [7, 11) is 0. The summed E-state index contributed by atoms with van der Waals surface area (Å²) in [6.07, 6.45) is 36.9. The van der Waals surface area contributed by atoms with E-state index in [2.05, 4.69) is 26.0 Å². The van der Waals surface area contributed by atoms with E-state index in [0.29, 0.717) is 12.8 Å². The number of carbonyl (C=O) groups excluding carboxylic acids is 2. The highest BCUT2D eigenvalue weighted by Gasteiger charge is 2.16. The molecule has 0 aliphatic heterocycles. The summed E-state index contributed by atoms with van der Waals surface area (Å²) in [5.74, 6) is -0.593. The van der Waals surface area contributed by atoms with Crippen molar-refractivity contribution < 1.29 is 24.2 Å². The molecule has 0 spiro atoms. The second-order valence-corrected chi connectivity index (χ2v) is 12.3. The van der Waals surface area contributed by atoms with Crippen LogP contribution in [0.4, 0.5) is 0 Å². The number of carbonyl (C=O) groups is 2. The van der Waals surface area contributed by atoms with Gasteiger partial charge >= 0.3 is 11.9 Å². The van der Waals surface area contributed by atoms with Gasteiger partial charge in [-0.25, -0.2) is 0 Å². The molecule has 0 rings (SSSR count). The molecular weight excluding hydrogens is 524 g/mol. The minimum Gasteiger partial charge on any atom is -0.462 e. The van der Waals surface area contributed by atoms with Crippen molar-refractivity contribution in [3.63, 3.8) is 0 Å². The van der Waals surface area contributed by atoms with Gasteiger partial charge in [0.25, 0.3) is 0 Å². The van der Waals surface area contributed by atoms with Gasteiger partial charge in [0.2, 0.25) is 0 Å². The first kappa shape index (κ1) is 40.6. The van der Waals surface area contributed by atoms with Crippen LogP contribution in [0.3, 0.4) is 0 Å². The Morgan fingerprint density at radius 1 is 0.524 bits per heavy atom. The number of hydrogen-bond acceptors (Lipinski definition) is 5. The molecule has 0 saturated carbocycles. The summed E-state index contributed by atoms with van der Waals surface area (Å²) in [4.78, 5) is 24.1. The van der Waals surface area contributed by atoms with E-state index in [1.165, 1.54) is 122 Å². The predicted octanol–water partition coefficient (Wildman–Crippen LogP) is 11.0. The summed E-state index contributed by atoms with van der Waals surface area (Å²) >= 11 is 0. The third-order valence-electron chi connectivity index (χ3n) is 8.06. The third kappa shape index (κ3) is 31.6. The number of hydrogen-bond donors (Lipinski definition) is 1. The lowest BCUT2D eigenvalue weighted by atomic mass is 10.0. The Hall–Kier alpha value is -1.36. The zero-order chi connectivity index (χ0) is 30.8. The van der Waals surface area contributed by atoms with Crippen molar-refractivity contribution in [2.45, 2.75) is 200 Å². The molecule has 0 aromatic rings. The van der Waals surface area contributed by atoms with Crippen LogP contribution < -0.4 is 0 Å². The highest BCUT2D eigenvalue weighted by molar-refractivity contribution is 5.70. The van der Waals surface area contributed by atoms with E-state index in [0.717, 1.165) is 44.9 Å². The Morgan fingerprint density at radius 3 is 1.31 bits per heavy atom. The minimum atomic E-state index is -0.767. The van der Waals surface area contributed by atoms with Crippen LogP contribution in [0, 0.1) is 0 Å².